The third-order valence-corrected chi connectivity index (χ3v) is 5.43. The summed E-state index contributed by atoms with van der Waals surface area (Å²) in [6.45, 7) is 9.05. The number of nitrogens with zero attached hydrogens (tertiary/aromatic N) is 1. The van der Waals surface area contributed by atoms with E-state index in [9.17, 15) is 0 Å². The summed E-state index contributed by atoms with van der Waals surface area (Å²) in [6, 6.07) is 0. The lowest BCUT2D eigenvalue weighted by Gasteiger charge is -2.47. The molecule has 3 aliphatic rings. The van der Waals surface area contributed by atoms with Crippen LogP contribution in [0.15, 0.2) is 0 Å². The van der Waals surface area contributed by atoms with Gasteiger partial charge in [0.2, 0.25) is 0 Å². The lowest BCUT2D eigenvalue weighted by molar-refractivity contribution is -0.814. The number of rotatable bonds is 3. The summed E-state index contributed by atoms with van der Waals surface area (Å²) >= 11 is 2.23. The van der Waals surface area contributed by atoms with Crippen LogP contribution in [-0.2, 0) is 0 Å². The second kappa shape index (κ2) is 3.82. The fraction of sp³-hybridized carbons (Fsp3) is 1.00. The Balaban J connectivity index is 1.87. The Labute approximate surface area is 86.6 Å². The molecule has 0 atom stereocenters. The Morgan fingerprint density at radius 1 is 1.15 bits per heavy atom. The van der Waals surface area contributed by atoms with Gasteiger partial charge in [-0.3, -0.25) is 3.89 Å². The van der Waals surface area contributed by atoms with E-state index in [4.69, 9.17) is 0 Å². The molecule has 76 valence electrons. The first-order valence-electron chi connectivity index (χ1n) is 5.71. The molecule has 3 fully saturated rings. The van der Waals surface area contributed by atoms with Crippen molar-refractivity contribution in [3.05, 3.63) is 0 Å². The SMILES string of the molecule is CC(C)CS[N+]12CCC(CC1)CC2. The van der Waals surface area contributed by atoms with Crippen molar-refractivity contribution in [1.82, 2.24) is 0 Å². The highest BCUT2D eigenvalue weighted by Crippen LogP contribution is 2.39. The first-order valence-corrected chi connectivity index (χ1v) is 6.65. The van der Waals surface area contributed by atoms with Gasteiger partial charge in [0.1, 0.15) is 0 Å². The fourth-order valence-corrected chi connectivity index (χ4v) is 3.84. The molecular weight excluding hydrogens is 178 g/mol. The van der Waals surface area contributed by atoms with Crippen LogP contribution in [0.3, 0.4) is 0 Å². The number of hydrogen-bond acceptors (Lipinski definition) is 1. The minimum Gasteiger partial charge on any atom is -0.262 e. The predicted octanol–water partition coefficient (Wildman–Crippen LogP) is 2.92. The van der Waals surface area contributed by atoms with Crippen molar-refractivity contribution >= 4 is 11.9 Å². The van der Waals surface area contributed by atoms with Gasteiger partial charge in [-0.2, -0.15) is 0 Å². The first-order chi connectivity index (χ1) is 6.20. The highest BCUT2D eigenvalue weighted by molar-refractivity contribution is 7.93. The van der Waals surface area contributed by atoms with Crippen LogP contribution in [0.5, 0.6) is 0 Å². The van der Waals surface area contributed by atoms with Crippen molar-refractivity contribution in [3.63, 3.8) is 0 Å². The zero-order valence-corrected chi connectivity index (χ0v) is 9.78. The third kappa shape index (κ3) is 2.21. The van der Waals surface area contributed by atoms with Crippen LogP contribution in [0.25, 0.3) is 0 Å². The van der Waals surface area contributed by atoms with Crippen molar-refractivity contribution in [2.24, 2.45) is 11.8 Å². The van der Waals surface area contributed by atoms with Gasteiger partial charge in [-0.15, -0.1) is 0 Å². The van der Waals surface area contributed by atoms with E-state index in [1.54, 1.807) is 0 Å². The number of piperidine rings is 3. The molecule has 0 aromatic heterocycles. The Kier molecular flexibility index (Phi) is 2.89. The average molecular weight is 200 g/mol. The van der Waals surface area contributed by atoms with E-state index >= 15 is 0 Å². The predicted molar refractivity (Wildman–Crippen MR) is 59.5 cm³/mol. The van der Waals surface area contributed by atoms with Gasteiger partial charge in [-0.05, 0) is 11.8 Å². The van der Waals surface area contributed by atoms with Gasteiger partial charge >= 0.3 is 0 Å². The second-order valence-electron chi connectivity index (χ2n) is 5.15. The Morgan fingerprint density at radius 2 is 1.69 bits per heavy atom. The van der Waals surface area contributed by atoms with Crippen molar-refractivity contribution < 1.29 is 3.89 Å². The lowest BCUT2D eigenvalue weighted by Crippen LogP contribution is -2.53. The van der Waals surface area contributed by atoms with E-state index < -0.39 is 0 Å². The maximum Gasteiger partial charge on any atom is 0.0895 e. The molecule has 3 heterocycles. The molecule has 13 heavy (non-hydrogen) atoms. The Bertz CT molecular complexity index is 157. The zero-order chi connectivity index (χ0) is 9.31. The van der Waals surface area contributed by atoms with E-state index in [2.05, 4.69) is 25.8 Å². The number of fused-ring (bicyclic) bond motifs is 3. The molecule has 2 heteroatoms. The molecule has 1 nitrogen and oxygen atoms in total. The van der Waals surface area contributed by atoms with Gasteiger partial charge in [-0.25, -0.2) is 0 Å². The van der Waals surface area contributed by atoms with Crippen LogP contribution in [-0.4, -0.2) is 29.3 Å². The molecule has 0 amide bonds. The van der Waals surface area contributed by atoms with Crippen LogP contribution >= 0.6 is 11.9 Å². The molecular formula is C11H22NS+. The van der Waals surface area contributed by atoms with E-state index in [1.165, 1.54) is 48.5 Å². The normalized spacial score (nSPS) is 38.5. The van der Waals surface area contributed by atoms with Gasteiger partial charge in [0, 0.05) is 19.3 Å². The molecule has 0 N–H and O–H groups in total. The molecule has 0 unspecified atom stereocenters. The molecule has 0 radical (unpaired) electrons. The van der Waals surface area contributed by atoms with Gasteiger partial charge in [-0.1, -0.05) is 13.8 Å². The summed E-state index contributed by atoms with van der Waals surface area (Å²) in [4.78, 5) is 0. The summed E-state index contributed by atoms with van der Waals surface area (Å²) in [5.41, 5.74) is 0. The van der Waals surface area contributed by atoms with Crippen LogP contribution in [0.4, 0.5) is 0 Å². The molecule has 3 saturated heterocycles. The van der Waals surface area contributed by atoms with Crippen molar-refractivity contribution in [2.45, 2.75) is 33.1 Å². The summed E-state index contributed by atoms with van der Waals surface area (Å²) in [6.07, 6.45) is 4.52. The molecule has 2 bridgehead atoms. The number of quaternary nitrogens is 1. The molecule has 0 aromatic rings. The van der Waals surface area contributed by atoms with Crippen LogP contribution in [0.1, 0.15) is 33.1 Å². The highest BCUT2D eigenvalue weighted by Gasteiger charge is 2.40. The smallest absolute Gasteiger partial charge is 0.0895 e. The summed E-state index contributed by atoms with van der Waals surface area (Å²) in [5.74, 6) is 3.31. The van der Waals surface area contributed by atoms with E-state index in [0.29, 0.717) is 0 Å². The van der Waals surface area contributed by atoms with Crippen LogP contribution in [0.2, 0.25) is 0 Å². The maximum absolute atomic E-state index is 2.34. The van der Waals surface area contributed by atoms with Gasteiger partial charge in [0.05, 0.1) is 37.3 Å². The summed E-state index contributed by atoms with van der Waals surface area (Å²) < 4.78 is 1.40. The van der Waals surface area contributed by atoms with Crippen LogP contribution in [0, 0.1) is 11.8 Å². The highest BCUT2D eigenvalue weighted by atomic mass is 32.2. The standard InChI is InChI=1S/C11H22NS/c1-10(2)9-13-12-6-3-11(4-7-12)5-8-12/h10-11H,3-9H2,1-2H3/q+1. The summed E-state index contributed by atoms with van der Waals surface area (Å²) in [5, 5.41) is 0. The Morgan fingerprint density at radius 3 is 2.15 bits per heavy atom. The zero-order valence-electron chi connectivity index (χ0n) is 8.96. The average Bonchev–Trinajstić information content (AvgIpc) is 2.18. The minimum absolute atomic E-state index is 0.858. The molecule has 0 aliphatic carbocycles. The van der Waals surface area contributed by atoms with Crippen LogP contribution < -0.4 is 0 Å². The maximum atomic E-state index is 2.34. The molecule has 0 aromatic carbocycles. The fourth-order valence-electron chi connectivity index (χ4n) is 2.52. The van der Waals surface area contributed by atoms with Crippen molar-refractivity contribution in [1.29, 1.82) is 0 Å². The van der Waals surface area contributed by atoms with Crippen molar-refractivity contribution in [3.8, 4) is 0 Å². The molecule has 3 rings (SSSR count). The van der Waals surface area contributed by atoms with E-state index in [0.717, 1.165) is 11.8 Å². The van der Waals surface area contributed by atoms with Gasteiger partial charge in [0.25, 0.3) is 0 Å². The van der Waals surface area contributed by atoms with E-state index in [-0.39, 0.29) is 0 Å². The number of hydrogen-bond donors (Lipinski definition) is 0. The minimum atomic E-state index is 0.858. The largest absolute Gasteiger partial charge is 0.262 e. The molecule has 3 aliphatic heterocycles. The summed E-state index contributed by atoms with van der Waals surface area (Å²) in [7, 11) is 0. The van der Waals surface area contributed by atoms with Gasteiger partial charge in [0.15, 0.2) is 0 Å². The second-order valence-corrected chi connectivity index (χ2v) is 6.52. The lowest BCUT2D eigenvalue weighted by atomic mass is 9.88. The molecule has 0 spiro atoms. The third-order valence-electron chi connectivity index (χ3n) is 3.52. The Hall–Kier alpha value is 0.310. The van der Waals surface area contributed by atoms with Crippen molar-refractivity contribution in [2.75, 3.05) is 25.4 Å². The molecule has 0 saturated carbocycles. The van der Waals surface area contributed by atoms with Gasteiger partial charge < -0.3 is 0 Å². The first kappa shape index (κ1) is 9.85. The van der Waals surface area contributed by atoms with E-state index in [1.807, 2.05) is 0 Å². The quantitative estimate of drug-likeness (QED) is 0.498. The monoisotopic (exact) mass is 200 g/mol. The topological polar surface area (TPSA) is 0 Å².